The zero-order valence-electron chi connectivity index (χ0n) is 14.9. The van der Waals surface area contributed by atoms with E-state index in [0.29, 0.717) is 26.0 Å². The molecule has 0 unspecified atom stereocenters. The Kier molecular flexibility index (Phi) is 8.89. The van der Waals surface area contributed by atoms with Crippen LogP contribution in [0, 0.1) is 0 Å². The van der Waals surface area contributed by atoms with Crippen molar-refractivity contribution in [2.45, 2.75) is 58.2 Å². The summed E-state index contributed by atoms with van der Waals surface area (Å²) < 4.78 is 10.3. The number of carboxylic acids is 2. The Morgan fingerprint density at radius 3 is 2.04 bits per heavy atom. The van der Waals surface area contributed by atoms with Gasteiger partial charge in [-0.2, -0.15) is 0 Å². The Labute approximate surface area is 145 Å². The van der Waals surface area contributed by atoms with Crippen LogP contribution in [0.4, 0.5) is 4.79 Å². The predicted octanol–water partition coefficient (Wildman–Crippen LogP) is 0.432. The molecule has 0 aromatic rings. The molecule has 0 aliphatic carbocycles. The number of rotatable bonds is 2. The van der Waals surface area contributed by atoms with Gasteiger partial charge in [-0.3, -0.25) is 4.90 Å². The zero-order valence-corrected chi connectivity index (χ0v) is 14.9. The van der Waals surface area contributed by atoms with Crippen LogP contribution < -0.4 is 5.73 Å². The van der Waals surface area contributed by atoms with E-state index in [1.807, 2.05) is 0 Å². The van der Waals surface area contributed by atoms with Crippen LogP contribution in [-0.2, 0) is 23.9 Å². The number of carbonyl (C=O) groups is 4. The van der Waals surface area contributed by atoms with Gasteiger partial charge in [-0.15, -0.1) is 0 Å². The normalized spacial score (nSPS) is 20.0. The van der Waals surface area contributed by atoms with Gasteiger partial charge < -0.3 is 25.4 Å². The van der Waals surface area contributed by atoms with Crippen molar-refractivity contribution < 1.29 is 38.9 Å². The minimum absolute atomic E-state index is 0.127. The summed E-state index contributed by atoms with van der Waals surface area (Å²) >= 11 is 0. The van der Waals surface area contributed by atoms with Gasteiger partial charge in [-0.1, -0.05) is 0 Å². The number of ether oxygens (including phenoxy) is 2. The van der Waals surface area contributed by atoms with E-state index in [4.69, 9.17) is 35.0 Å². The van der Waals surface area contributed by atoms with Gasteiger partial charge in [0.1, 0.15) is 11.6 Å². The van der Waals surface area contributed by atoms with Gasteiger partial charge in [0.05, 0.1) is 6.61 Å². The van der Waals surface area contributed by atoms with Crippen LogP contribution in [0.1, 0.15) is 40.5 Å². The van der Waals surface area contributed by atoms with Gasteiger partial charge in [0, 0.05) is 12.6 Å². The first-order chi connectivity index (χ1) is 11.4. The number of piperidine rings is 1. The van der Waals surface area contributed by atoms with Crippen LogP contribution in [0.15, 0.2) is 0 Å². The fourth-order valence-corrected chi connectivity index (χ4v) is 2.00. The largest absolute Gasteiger partial charge is 0.473 e. The molecule has 0 aromatic carbocycles. The average molecular weight is 362 g/mol. The van der Waals surface area contributed by atoms with Gasteiger partial charge >= 0.3 is 24.0 Å². The molecule has 4 N–H and O–H groups in total. The SMILES string of the molecule is CCOC(=O)[C@H]1CC[C@@H](N)CN1C(=O)OC(C)(C)C.O=C(O)C(=O)O. The standard InChI is InChI=1S/C13H24N2O4.C2H2O4/c1-5-18-11(16)10-7-6-9(14)8-15(10)12(17)19-13(2,3)4;3-1(4)2(5)6/h9-10H,5-8,14H2,1-4H3;(H,3,4)(H,5,6)/t9-,10-;/m1./s1. The lowest BCUT2D eigenvalue weighted by Crippen LogP contribution is -2.55. The van der Waals surface area contributed by atoms with Gasteiger partial charge in [-0.25, -0.2) is 19.2 Å². The fraction of sp³-hybridized carbons (Fsp3) is 0.733. The number of hydrogen-bond donors (Lipinski definition) is 3. The number of esters is 1. The second-order valence-corrected chi connectivity index (χ2v) is 6.35. The molecule has 144 valence electrons. The van der Waals surface area contributed by atoms with E-state index in [1.165, 1.54) is 4.90 Å². The Morgan fingerprint density at radius 2 is 1.64 bits per heavy atom. The second kappa shape index (κ2) is 9.82. The highest BCUT2D eigenvalue weighted by molar-refractivity contribution is 6.27. The molecule has 10 nitrogen and oxygen atoms in total. The van der Waals surface area contributed by atoms with E-state index in [1.54, 1.807) is 27.7 Å². The molecule has 1 aliphatic heterocycles. The Hall–Kier alpha value is -2.36. The van der Waals surface area contributed by atoms with Gasteiger partial charge in [-0.05, 0) is 40.5 Å². The summed E-state index contributed by atoms with van der Waals surface area (Å²) in [6.45, 7) is 7.71. The van der Waals surface area contributed by atoms with Crippen molar-refractivity contribution in [3.63, 3.8) is 0 Å². The van der Waals surface area contributed by atoms with Gasteiger partial charge in [0.2, 0.25) is 0 Å². The molecular formula is C15H26N2O8. The van der Waals surface area contributed by atoms with Crippen LogP contribution in [0.25, 0.3) is 0 Å². The molecule has 1 fully saturated rings. The summed E-state index contributed by atoms with van der Waals surface area (Å²) in [5.74, 6) is -4.04. The first-order valence-corrected chi connectivity index (χ1v) is 7.77. The predicted molar refractivity (Wildman–Crippen MR) is 85.8 cm³/mol. The smallest absolute Gasteiger partial charge is 0.414 e. The Morgan fingerprint density at radius 1 is 1.12 bits per heavy atom. The van der Waals surface area contributed by atoms with Crippen molar-refractivity contribution in [1.29, 1.82) is 0 Å². The highest BCUT2D eigenvalue weighted by Gasteiger charge is 2.37. The third-order valence-electron chi connectivity index (χ3n) is 2.99. The van der Waals surface area contributed by atoms with E-state index >= 15 is 0 Å². The minimum Gasteiger partial charge on any atom is -0.473 e. The molecule has 0 aromatic heterocycles. The molecule has 0 saturated carbocycles. The molecule has 25 heavy (non-hydrogen) atoms. The molecular weight excluding hydrogens is 336 g/mol. The van der Waals surface area contributed by atoms with E-state index < -0.39 is 29.7 Å². The maximum Gasteiger partial charge on any atom is 0.414 e. The molecule has 1 heterocycles. The first kappa shape index (κ1) is 22.6. The number of amides is 1. The number of likely N-dealkylation sites (tertiary alicyclic amines) is 1. The van der Waals surface area contributed by atoms with Crippen LogP contribution in [0.2, 0.25) is 0 Å². The van der Waals surface area contributed by atoms with Crippen molar-refractivity contribution in [1.82, 2.24) is 4.90 Å². The summed E-state index contributed by atoms with van der Waals surface area (Å²) in [6, 6.07) is -0.715. The number of carboxylic acid groups (broad SMARTS) is 2. The highest BCUT2D eigenvalue weighted by atomic mass is 16.6. The summed E-state index contributed by atoms with van der Waals surface area (Å²) in [5, 5.41) is 14.8. The molecule has 1 amide bonds. The molecule has 1 aliphatic rings. The van der Waals surface area contributed by atoms with Crippen molar-refractivity contribution in [3.8, 4) is 0 Å². The van der Waals surface area contributed by atoms with E-state index in [-0.39, 0.29) is 12.0 Å². The maximum atomic E-state index is 12.1. The van der Waals surface area contributed by atoms with Crippen LogP contribution in [-0.4, -0.2) is 70.0 Å². The molecule has 1 saturated heterocycles. The molecule has 0 spiro atoms. The third-order valence-corrected chi connectivity index (χ3v) is 2.99. The number of hydrogen-bond acceptors (Lipinski definition) is 7. The van der Waals surface area contributed by atoms with Crippen LogP contribution >= 0.6 is 0 Å². The number of carbonyl (C=O) groups excluding carboxylic acids is 2. The minimum atomic E-state index is -1.82. The lowest BCUT2D eigenvalue weighted by Gasteiger charge is -2.37. The lowest BCUT2D eigenvalue weighted by molar-refractivity contribution is -0.159. The second-order valence-electron chi connectivity index (χ2n) is 6.35. The molecule has 0 radical (unpaired) electrons. The number of nitrogens with two attached hydrogens (primary N) is 1. The molecule has 0 bridgehead atoms. The van der Waals surface area contributed by atoms with E-state index in [0.717, 1.165) is 0 Å². The third kappa shape index (κ3) is 8.89. The summed E-state index contributed by atoms with van der Waals surface area (Å²) in [5.41, 5.74) is 5.26. The summed E-state index contributed by atoms with van der Waals surface area (Å²) in [4.78, 5) is 43.6. The lowest BCUT2D eigenvalue weighted by atomic mass is 9.99. The quantitative estimate of drug-likeness (QED) is 0.468. The van der Waals surface area contributed by atoms with Crippen molar-refractivity contribution in [2.24, 2.45) is 5.73 Å². The first-order valence-electron chi connectivity index (χ1n) is 7.77. The van der Waals surface area contributed by atoms with Crippen molar-refractivity contribution in [3.05, 3.63) is 0 Å². The van der Waals surface area contributed by atoms with Crippen molar-refractivity contribution >= 4 is 24.0 Å². The van der Waals surface area contributed by atoms with Crippen molar-refractivity contribution in [2.75, 3.05) is 13.2 Å². The Bertz CT molecular complexity index is 488. The van der Waals surface area contributed by atoms with E-state index in [2.05, 4.69) is 0 Å². The Balaban J connectivity index is 0.000000823. The summed E-state index contributed by atoms with van der Waals surface area (Å²) in [7, 11) is 0. The van der Waals surface area contributed by atoms with Crippen LogP contribution in [0.3, 0.4) is 0 Å². The number of nitrogens with zero attached hydrogens (tertiary/aromatic N) is 1. The molecule has 10 heteroatoms. The molecule has 1 rings (SSSR count). The number of aliphatic carboxylic acids is 2. The van der Waals surface area contributed by atoms with Gasteiger partial charge in [0.15, 0.2) is 0 Å². The van der Waals surface area contributed by atoms with Gasteiger partial charge in [0.25, 0.3) is 0 Å². The topological polar surface area (TPSA) is 156 Å². The summed E-state index contributed by atoms with van der Waals surface area (Å²) in [6.07, 6.45) is 0.697. The maximum absolute atomic E-state index is 12.1. The van der Waals surface area contributed by atoms with E-state index in [9.17, 15) is 9.59 Å². The average Bonchev–Trinajstić information content (AvgIpc) is 2.46. The fourth-order valence-electron chi connectivity index (χ4n) is 2.00. The zero-order chi connectivity index (χ0) is 19.8. The van der Waals surface area contributed by atoms with Crippen LogP contribution in [0.5, 0.6) is 0 Å². The monoisotopic (exact) mass is 362 g/mol. The highest BCUT2D eigenvalue weighted by Crippen LogP contribution is 2.21. The molecule has 2 atom stereocenters.